The molecule has 6 heteroatoms. The van der Waals surface area contributed by atoms with E-state index in [0.717, 1.165) is 0 Å². The number of hydrogen-bond donors (Lipinski definition) is 3. The minimum atomic E-state index is -0.365. The lowest BCUT2D eigenvalue weighted by molar-refractivity contribution is -0.696. The fraction of sp³-hybridized carbons (Fsp3) is 0.500. The second-order valence-electron chi connectivity index (χ2n) is 6.79. The fourth-order valence-corrected chi connectivity index (χ4v) is 3.34. The van der Waals surface area contributed by atoms with Crippen molar-refractivity contribution < 1.29 is 19.6 Å². The van der Waals surface area contributed by atoms with Gasteiger partial charge in [0.15, 0.2) is 0 Å². The summed E-state index contributed by atoms with van der Waals surface area (Å²) >= 11 is 0. The number of amides is 2. The number of rotatable bonds is 8. The van der Waals surface area contributed by atoms with Crippen LogP contribution in [0.25, 0.3) is 0 Å². The van der Waals surface area contributed by atoms with Gasteiger partial charge in [0.1, 0.15) is 12.6 Å². The lowest BCUT2D eigenvalue weighted by atomic mass is 9.95. The van der Waals surface area contributed by atoms with E-state index >= 15 is 0 Å². The van der Waals surface area contributed by atoms with Crippen LogP contribution in [0.1, 0.15) is 45.7 Å². The molecule has 0 spiro atoms. The Kier molecular flexibility index (Phi) is 7.21. The normalized spacial score (nSPS) is 18.3. The predicted molar refractivity (Wildman–Crippen MR) is 100 cm³/mol. The second-order valence-corrected chi connectivity index (χ2v) is 6.79. The van der Waals surface area contributed by atoms with Gasteiger partial charge in [-0.1, -0.05) is 51.1 Å². The van der Waals surface area contributed by atoms with Gasteiger partial charge in [-0.15, -0.1) is 0 Å². The predicted octanol–water partition coefficient (Wildman–Crippen LogP) is 1.86. The van der Waals surface area contributed by atoms with Crippen molar-refractivity contribution in [2.45, 2.75) is 46.2 Å². The molecule has 0 unspecified atom stereocenters. The fourth-order valence-electron chi connectivity index (χ4n) is 3.34. The summed E-state index contributed by atoms with van der Waals surface area (Å²) in [5.74, 6) is 0.0412. The molecule has 1 heterocycles. The van der Waals surface area contributed by atoms with Gasteiger partial charge in [0.05, 0.1) is 23.9 Å². The molecule has 0 bridgehead atoms. The van der Waals surface area contributed by atoms with E-state index in [0.29, 0.717) is 36.8 Å². The van der Waals surface area contributed by atoms with Crippen molar-refractivity contribution in [1.29, 1.82) is 0 Å². The number of nitrogens with one attached hydrogen (secondary N) is 2. The standard InChI is InChI=1S/C20H29N3O3/c1-5-15-17(19(24)26-6-2)16(23-20(25)22-15)12-21-18(13(3)4)14-10-8-7-9-11-14/h7-11,13,15,18,21H,5-6,12H2,1-4H3,(H2,22,23,25)/p+1/t15-,18+/m0/s1. The van der Waals surface area contributed by atoms with E-state index in [2.05, 4.69) is 41.9 Å². The Labute approximate surface area is 155 Å². The molecule has 4 N–H and O–H groups in total. The molecule has 142 valence electrons. The Morgan fingerprint density at radius 2 is 1.92 bits per heavy atom. The maximum absolute atomic E-state index is 12.4. The molecular weight excluding hydrogens is 330 g/mol. The first-order chi connectivity index (χ1) is 12.5. The number of urea groups is 1. The zero-order valence-electron chi connectivity index (χ0n) is 16.0. The number of nitrogens with two attached hydrogens (primary N) is 1. The minimum absolute atomic E-state index is 0.235. The quantitative estimate of drug-likeness (QED) is 0.619. The number of carbonyl (C=O) groups is 2. The summed E-state index contributed by atoms with van der Waals surface area (Å²) in [6.07, 6.45) is 0.636. The van der Waals surface area contributed by atoms with Gasteiger partial charge in [-0.05, 0) is 13.3 Å². The lowest BCUT2D eigenvalue weighted by Gasteiger charge is -2.29. The van der Waals surface area contributed by atoms with Crippen LogP contribution in [-0.2, 0) is 9.53 Å². The molecule has 0 saturated heterocycles. The molecule has 0 fully saturated rings. The number of carbonyl (C=O) groups excluding carboxylic acids is 2. The third-order valence-corrected chi connectivity index (χ3v) is 4.63. The summed E-state index contributed by atoms with van der Waals surface area (Å²) in [5.41, 5.74) is 2.40. The third-order valence-electron chi connectivity index (χ3n) is 4.63. The maximum atomic E-state index is 12.4. The summed E-state index contributed by atoms with van der Waals surface area (Å²) in [7, 11) is 0. The van der Waals surface area contributed by atoms with Gasteiger partial charge in [-0.2, -0.15) is 0 Å². The highest BCUT2D eigenvalue weighted by molar-refractivity contribution is 5.94. The van der Waals surface area contributed by atoms with Crippen LogP contribution in [-0.4, -0.2) is 31.2 Å². The zero-order chi connectivity index (χ0) is 19.1. The molecule has 2 amide bonds. The van der Waals surface area contributed by atoms with Crippen molar-refractivity contribution in [3.63, 3.8) is 0 Å². The maximum Gasteiger partial charge on any atom is 0.338 e. The largest absolute Gasteiger partial charge is 0.463 e. The van der Waals surface area contributed by atoms with Crippen LogP contribution in [0.2, 0.25) is 0 Å². The molecule has 1 aliphatic rings. The Morgan fingerprint density at radius 3 is 2.50 bits per heavy atom. The Hall–Kier alpha value is -2.34. The molecule has 1 aromatic rings. The molecule has 1 aromatic carbocycles. The van der Waals surface area contributed by atoms with Gasteiger partial charge < -0.3 is 20.7 Å². The first kappa shape index (κ1) is 20.0. The SMILES string of the molecule is CCOC(=O)C1=C(C[NH2+][C@@H](c2ccccc2)C(C)C)NC(=O)N[C@H]1CC. The zero-order valence-corrected chi connectivity index (χ0v) is 16.0. The van der Waals surface area contributed by atoms with Crippen molar-refractivity contribution in [2.75, 3.05) is 13.2 Å². The van der Waals surface area contributed by atoms with Crippen LogP contribution in [0.3, 0.4) is 0 Å². The summed E-state index contributed by atoms with van der Waals surface area (Å²) in [5, 5.41) is 7.79. The van der Waals surface area contributed by atoms with Crippen LogP contribution in [0.15, 0.2) is 41.6 Å². The highest BCUT2D eigenvalue weighted by Gasteiger charge is 2.33. The lowest BCUT2D eigenvalue weighted by Crippen LogP contribution is -2.87. The smallest absolute Gasteiger partial charge is 0.338 e. The number of esters is 1. The number of hydrogen-bond acceptors (Lipinski definition) is 3. The van der Waals surface area contributed by atoms with Gasteiger partial charge in [0, 0.05) is 11.5 Å². The topological polar surface area (TPSA) is 84.0 Å². The number of benzene rings is 1. The van der Waals surface area contributed by atoms with Gasteiger partial charge in [0.2, 0.25) is 0 Å². The highest BCUT2D eigenvalue weighted by atomic mass is 16.5. The van der Waals surface area contributed by atoms with Crippen molar-refractivity contribution in [1.82, 2.24) is 10.6 Å². The molecule has 6 nitrogen and oxygen atoms in total. The van der Waals surface area contributed by atoms with E-state index in [1.165, 1.54) is 5.56 Å². The van der Waals surface area contributed by atoms with Gasteiger partial charge in [0.25, 0.3) is 0 Å². The number of ether oxygens (including phenoxy) is 1. The van der Waals surface area contributed by atoms with E-state index in [-0.39, 0.29) is 24.1 Å². The summed E-state index contributed by atoms with van der Waals surface area (Å²) in [6.45, 7) is 8.88. The van der Waals surface area contributed by atoms with Crippen LogP contribution in [0.5, 0.6) is 0 Å². The summed E-state index contributed by atoms with van der Waals surface area (Å²) in [4.78, 5) is 24.4. The molecule has 0 aliphatic carbocycles. The Balaban J connectivity index is 2.26. The summed E-state index contributed by atoms with van der Waals surface area (Å²) in [6, 6.07) is 9.92. The number of quaternary nitrogens is 1. The second kappa shape index (κ2) is 9.38. The van der Waals surface area contributed by atoms with E-state index in [9.17, 15) is 9.59 Å². The first-order valence-corrected chi connectivity index (χ1v) is 9.33. The Bertz CT molecular complexity index is 656. The highest BCUT2D eigenvalue weighted by Crippen LogP contribution is 2.19. The molecular formula is C20H30N3O3+. The average Bonchev–Trinajstić information content (AvgIpc) is 2.62. The van der Waals surface area contributed by atoms with Gasteiger partial charge in [-0.25, -0.2) is 9.59 Å². The molecule has 0 saturated carbocycles. The Morgan fingerprint density at radius 1 is 1.23 bits per heavy atom. The van der Waals surface area contributed by atoms with E-state index in [1.54, 1.807) is 6.92 Å². The van der Waals surface area contributed by atoms with Gasteiger partial charge in [-0.3, -0.25) is 0 Å². The van der Waals surface area contributed by atoms with Crippen LogP contribution >= 0.6 is 0 Å². The molecule has 26 heavy (non-hydrogen) atoms. The minimum Gasteiger partial charge on any atom is -0.463 e. The monoisotopic (exact) mass is 360 g/mol. The molecule has 0 aromatic heterocycles. The van der Waals surface area contributed by atoms with E-state index < -0.39 is 0 Å². The molecule has 1 aliphatic heterocycles. The molecule has 2 atom stereocenters. The molecule has 0 radical (unpaired) electrons. The van der Waals surface area contributed by atoms with E-state index in [1.807, 2.05) is 25.1 Å². The van der Waals surface area contributed by atoms with Crippen molar-refractivity contribution >= 4 is 12.0 Å². The van der Waals surface area contributed by atoms with Crippen molar-refractivity contribution in [2.24, 2.45) is 5.92 Å². The average molecular weight is 360 g/mol. The summed E-state index contributed by atoms with van der Waals surface area (Å²) < 4.78 is 5.22. The van der Waals surface area contributed by atoms with E-state index in [4.69, 9.17) is 4.74 Å². The van der Waals surface area contributed by atoms with Crippen molar-refractivity contribution in [3.05, 3.63) is 47.2 Å². The molecule has 2 rings (SSSR count). The van der Waals surface area contributed by atoms with Crippen molar-refractivity contribution in [3.8, 4) is 0 Å². The van der Waals surface area contributed by atoms with Gasteiger partial charge >= 0.3 is 12.0 Å². The van der Waals surface area contributed by atoms with Crippen LogP contribution in [0.4, 0.5) is 4.79 Å². The van der Waals surface area contributed by atoms with Crippen LogP contribution in [0, 0.1) is 5.92 Å². The van der Waals surface area contributed by atoms with Crippen LogP contribution < -0.4 is 16.0 Å². The third kappa shape index (κ3) is 4.85. The first-order valence-electron chi connectivity index (χ1n) is 9.33.